The Morgan fingerprint density at radius 3 is 1.89 bits per heavy atom. The fourth-order valence-corrected chi connectivity index (χ4v) is 1.64. The van der Waals surface area contributed by atoms with Gasteiger partial charge in [0.25, 0.3) is 0 Å². The van der Waals surface area contributed by atoms with E-state index in [9.17, 15) is 0 Å². The second-order valence-corrected chi connectivity index (χ2v) is 6.34. The van der Waals surface area contributed by atoms with Crippen LogP contribution in [-0.4, -0.2) is 7.11 Å². The average molecular weight is 365 g/mol. The summed E-state index contributed by atoms with van der Waals surface area (Å²) < 4.78 is 5.38. The number of hydrogen-bond acceptors (Lipinski definition) is 1. The van der Waals surface area contributed by atoms with Gasteiger partial charge in [0.05, 0.1) is 7.11 Å². The maximum atomic E-state index is 5.38. The van der Waals surface area contributed by atoms with Crippen molar-refractivity contribution >= 4 is 13.6 Å². The van der Waals surface area contributed by atoms with E-state index in [1.165, 1.54) is 27.5 Å². The minimum absolute atomic E-state index is 0.0864. The van der Waals surface area contributed by atoms with Gasteiger partial charge >= 0.3 is 30.0 Å². The van der Waals surface area contributed by atoms with Crippen LogP contribution in [-0.2, 0) is 27.2 Å². The molecule has 0 atom stereocenters. The van der Waals surface area contributed by atoms with Crippen molar-refractivity contribution in [1.82, 2.24) is 0 Å². The van der Waals surface area contributed by atoms with E-state index in [0.29, 0.717) is 0 Å². The summed E-state index contributed by atoms with van der Waals surface area (Å²) in [7, 11) is 1.71. The second-order valence-electron chi connectivity index (χ2n) is 6.34. The summed E-state index contributed by atoms with van der Waals surface area (Å²) in [6.45, 7) is 13.3. The van der Waals surface area contributed by atoms with Gasteiger partial charge in [0.15, 0.2) is 0 Å². The predicted molar refractivity (Wildman–Crippen MR) is 78.2 cm³/mol. The molecule has 0 unspecified atom stereocenters. The average Bonchev–Trinajstić information content (AvgIpc) is 2.28. The molecule has 0 saturated carbocycles. The van der Waals surface area contributed by atoms with Crippen molar-refractivity contribution in [2.24, 2.45) is 0 Å². The van der Waals surface area contributed by atoms with Crippen molar-refractivity contribution in [1.29, 1.82) is 0 Å². The molecule has 0 spiro atoms. The van der Waals surface area contributed by atoms with Gasteiger partial charge < -0.3 is 4.74 Å². The zero-order chi connectivity index (χ0) is 14.6. The van der Waals surface area contributed by atoms with E-state index in [0.717, 1.165) is 5.75 Å². The summed E-state index contributed by atoms with van der Waals surface area (Å²) in [6.07, 6.45) is 0. The van der Waals surface area contributed by atoms with Crippen LogP contribution in [0.4, 0.5) is 0 Å². The van der Waals surface area contributed by atoms with Crippen LogP contribution in [0.5, 0.6) is 5.75 Å². The van der Waals surface area contributed by atoms with Gasteiger partial charge in [-0.15, -0.1) is 11.6 Å². The zero-order valence-corrected chi connectivity index (χ0v) is 17.2. The predicted octanol–water partition coefficient (Wildman–Crippen LogP) is 4.93. The van der Waals surface area contributed by atoms with Crippen LogP contribution in [0.3, 0.4) is 0 Å². The Morgan fingerprint density at radius 1 is 1.06 bits per heavy atom. The molecule has 98 valence electrons. The van der Waals surface area contributed by atoms with E-state index in [-0.39, 0.29) is 10.8 Å². The number of halogens is 1. The van der Waals surface area contributed by atoms with Crippen LogP contribution in [0.15, 0.2) is 12.1 Å². The first-order chi connectivity index (χ1) is 8.16. The Bertz CT molecular complexity index is 375. The van der Waals surface area contributed by atoms with E-state index < -0.39 is 0 Å². The van der Waals surface area contributed by atoms with Crippen LogP contribution in [0, 0.1) is 6.07 Å². The SMILES string of the molecule is COc1[c-]cc(C(C)(C)C)cc1C(C)(C)C.[Zn+][Br]. The molecule has 1 rings (SSSR count). The first-order valence-electron chi connectivity index (χ1n) is 6.03. The van der Waals surface area contributed by atoms with Gasteiger partial charge in [-0.05, 0) is 0 Å². The quantitative estimate of drug-likeness (QED) is 0.507. The number of methoxy groups -OCH3 is 1. The van der Waals surface area contributed by atoms with Gasteiger partial charge in [0.1, 0.15) is 0 Å². The van der Waals surface area contributed by atoms with Crippen molar-refractivity contribution < 1.29 is 21.1 Å². The minimum atomic E-state index is 0.0864. The molecule has 0 aromatic heterocycles. The Morgan fingerprint density at radius 2 is 1.56 bits per heavy atom. The molecule has 0 aliphatic carbocycles. The van der Waals surface area contributed by atoms with Crippen LogP contribution in [0.25, 0.3) is 0 Å². The molecular formula is C15H23BrOZn. The Kier molecular flexibility index (Phi) is 7.10. The molecule has 0 amide bonds. The molecule has 1 aromatic rings. The molecule has 0 saturated heterocycles. The van der Waals surface area contributed by atoms with E-state index >= 15 is 0 Å². The van der Waals surface area contributed by atoms with Crippen LogP contribution in [0.1, 0.15) is 52.7 Å². The molecule has 0 N–H and O–H groups in total. The van der Waals surface area contributed by atoms with Crippen molar-refractivity contribution in [3.63, 3.8) is 0 Å². The standard InChI is InChI=1S/C15H23O.BrH.Zn/c1-14(2,3)11-8-9-13(16-7)12(10-11)15(4,5)6;;/h8,10H,1-7H3;1H;/q-1;;+2/p-1. The second kappa shape index (κ2) is 7.05. The number of benzene rings is 1. The summed E-state index contributed by atoms with van der Waals surface area (Å²) in [5.74, 6) is 0.862. The summed E-state index contributed by atoms with van der Waals surface area (Å²) in [4.78, 5) is 0. The first-order valence-corrected chi connectivity index (χ1v) is 13.0. The van der Waals surface area contributed by atoms with Gasteiger partial charge in [-0.1, -0.05) is 52.4 Å². The number of hydrogen-bond donors (Lipinski definition) is 0. The third-order valence-electron chi connectivity index (χ3n) is 2.78. The van der Waals surface area contributed by atoms with Crippen LogP contribution >= 0.6 is 13.6 Å². The number of ether oxygens (including phenoxy) is 1. The van der Waals surface area contributed by atoms with Crippen molar-refractivity contribution in [3.05, 3.63) is 29.3 Å². The van der Waals surface area contributed by atoms with Crippen molar-refractivity contribution in [2.45, 2.75) is 52.4 Å². The number of rotatable bonds is 1. The molecule has 1 aromatic carbocycles. The van der Waals surface area contributed by atoms with Gasteiger partial charge in [-0.3, -0.25) is 0 Å². The van der Waals surface area contributed by atoms with E-state index in [2.05, 4.69) is 67.3 Å². The monoisotopic (exact) mass is 362 g/mol. The Labute approximate surface area is 129 Å². The summed E-state index contributed by atoms with van der Waals surface area (Å²) in [5.41, 5.74) is 2.77. The van der Waals surface area contributed by atoms with Crippen molar-refractivity contribution in [3.8, 4) is 5.75 Å². The molecule has 3 heteroatoms. The fraction of sp³-hybridized carbons (Fsp3) is 0.600. The summed E-state index contributed by atoms with van der Waals surface area (Å²) in [6, 6.07) is 7.53. The normalized spacial score (nSPS) is 11.7. The molecule has 0 heterocycles. The third-order valence-corrected chi connectivity index (χ3v) is 2.78. The maximum absolute atomic E-state index is 5.38. The Hall–Kier alpha value is 0.123. The molecule has 1 nitrogen and oxygen atoms in total. The molecule has 0 aliphatic heterocycles. The molecule has 0 fully saturated rings. The van der Waals surface area contributed by atoms with Crippen molar-refractivity contribution in [2.75, 3.05) is 7.11 Å². The van der Waals surface area contributed by atoms with Gasteiger partial charge in [0.2, 0.25) is 0 Å². The van der Waals surface area contributed by atoms with Crippen LogP contribution in [0.2, 0.25) is 0 Å². The Balaban J connectivity index is 0.00000137. The summed E-state index contributed by atoms with van der Waals surface area (Å²) >= 11 is 4.25. The van der Waals surface area contributed by atoms with E-state index in [4.69, 9.17) is 4.74 Å². The molecule has 0 aliphatic rings. The molecule has 18 heavy (non-hydrogen) atoms. The fourth-order valence-electron chi connectivity index (χ4n) is 1.64. The summed E-state index contributed by atoms with van der Waals surface area (Å²) in [5, 5.41) is 0. The molecule has 0 bridgehead atoms. The van der Waals surface area contributed by atoms with Crippen LogP contribution < -0.4 is 4.74 Å². The third kappa shape index (κ3) is 5.01. The van der Waals surface area contributed by atoms with Gasteiger partial charge in [-0.25, -0.2) is 0 Å². The van der Waals surface area contributed by atoms with Gasteiger partial charge in [-0.2, -0.15) is 17.7 Å². The van der Waals surface area contributed by atoms with Gasteiger partial charge in [0, 0.05) is 5.75 Å². The molecule has 0 radical (unpaired) electrons. The van der Waals surface area contributed by atoms with E-state index in [1.54, 1.807) is 7.11 Å². The molecular weight excluding hydrogens is 341 g/mol. The first kappa shape index (κ1) is 18.1. The zero-order valence-electron chi connectivity index (χ0n) is 12.6. The van der Waals surface area contributed by atoms with E-state index in [1.807, 2.05) is 6.07 Å². The topological polar surface area (TPSA) is 9.23 Å².